The summed E-state index contributed by atoms with van der Waals surface area (Å²) in [6, 6.07) is 1.55. The van der Waals surface area contributed by atoms with Gasteiger partial charge in [-0.05, 0) is 0 Å². The second kappa shape index (κ2) is 8.58. The van der Waals surface area contributed by atoms with E-state index in [1.165, 1.54) is 7.11 Å². The molecular weight excluding hydrogens is 326 g/mol. The molecule has 10 heteroatoms. The fraction of sp³-hybridized carbons (Fsp3) is 0.714. The molecule has 10 nitrogen and oxygen atoms in total. The fourth-order valence-corrected chi connectivity index (χ4v) is 2.32. The monoisotopic (exact) mass is 345 g/mol. The zero-order chi connectivity index (χ0) is 18.4. The van der Waals surface area contributed by atoms with Crippen molar-refractivity contribution in [2.24, 2.45) is 0 Å². The van der Waals surface area contributed by atoms with E-state index in [1.54, 1.807) is 6.07 Å². The molecular formula is C14H19NO9. The summed E-state index contributed by atoms with van der Waals surface area (Å²) in [7, 11) is 1.23. The van der Waals surface area contributed by atoms with Gasteiger partial charge in [-0.25, -0.2) is 0 Å². The third-order valence-electron chi connectivity index (χ3n) is 3.11. The lowest BCUT2D eigenvalue weighted by Crippen LogP contribution is -2.64. The second-order valence-electron chi connectivity index (χ2n) is 5.00. The number of carbonyl (C=O) groups is 3. The fourth-order valence-electron chi connectivity index (χ4n) is 2.32. The third-order valence-corrected chi connectivity index (χ3v) is 3.11. The number of hydrogen-bond acceptors (Lipinski definition) is 10. The SMILES string of the molecule is CO[C@H]1O[C@H]([C@@H](O)C#N)[C@H](OC(C)=O)[C@H](OC(C)=O)[C@H]1OC(C)=O. The van der Waals surface area contributed by atoms with Crippen LogP contribution in [0.5, 0.6) is 0 Å². The van der Waals surface area contributed by atoms with Crippen LogP contribution < -0.4 is 0 Å². The lowest BCUT2D eigenvalue weighted by atomic mass is 9.95. The van der Waals surface area contributed by atoms with Crippen molar-refractivity contribution in [1.82, 2.24) is 0 Å². The first-order valence-corrected chi connectivity index (χ1v) is 6.98. The molecule has 1 rings (SSSR count). The number of nitrogens with zero attached hydrogens (tertiary/aromatic N) is 1. The normalized spacial score (nSPS) is 30.6. The minimum absolute atomic E-state index is 0.719. The smallest absolute Gasteiger partial charge is 0.303 e. The van der Waals surface area contributed by atoms with Crippen LogP contribution in [0.2, 0.25) is 0 Å². The van der Waals surface area contributed by atoms with Crippen LogP contribution in [0, 0.1) is 11.3 Å². The van der Waals surface area contributed by atoms with Gasteiger partial charge in [0.05, 0.1) is 6.07 Å². The Kier molecular flexibility index (Phi) is 7.09. The van der Waals surface area contributed by atoms with E-state index in [-0.39, 0.29) is 0 Å². The van der Waals surface area contributed by atoms with E-state index in [0.29, 0.717) is 0 Å². The van der Waals surface area contributed by atoms with E-state index < -0.39 is 54.7 Å². The van der Waals surface area contributed by atoms with Crippen LogP contribution in [-0.4, -0.2) is 66.9 Å². The molecule has 0 aromatic carbocycles. The summed E-state index contributed by atoms with van der Waals surface area (Å²) in [4.78, 5) is 34.1. The Hall–Kier alpha value is -2.22. The Bertz CT molecular complexity index is 529. The molecule has 0 radical (unpaired) electrons. The van der Waals surface area contributed by atoms with Gasteiger partial charge < -0.3 is 28.8 Å². The average Bonchev–Trinajstić information content (AvgIpc) is 2.48. The largest absolute Gasteiger partial charge is 0.455 e. The Morgan fingerprint density at radius 2 is 1.46 bits per heavy atom. The lowest BCUT2D eigenvalue weighted by molar-refractivity contribution is -0.306. The highest BCUT2D eigenvalue weighted by Crippen LogP contribution is 2.30. The van der Waals surface area contributed by atoms with Crippen LogP contribution in [0.4, 0.5) is 0 Å². The first kappa shape index (κ1) is 19.8. The van der Waals surface area contributed by atoms with E-state index >= 15 is 0 Å². The van der Waals surface area contributed by atoms with Crippen LogP contribution in [-0.2, 0) is 38.1 Å². The molecule has 0 aromatic heterocycles. The maximum Gasteiger partial charge on any atom is 0.303 e. The predicted octanol–water partition coefficient (Wildman–Crippen LogP) is -0.963. The number of ether oxygens (including phenoxy) is 5. The summed E-state index contributed by atoms with van der Waals surface area (Å²) in [5, 5.41) is 18.7. The number of nitriles is 1. The highest BCUT2D eigenvalue weighted by molar-refractivity contribution is 5.68. The molecule has 0 spiro atoms. The van der Waals surface area contributed by atoms with Crippen LogP contribution in [0.3, 0.4) is 0 Å². The predicted molar refractivity (Wildman–Crippen MR) is 74.0 cm³/mol. The summed E-state index contributed by atoms with van der Waals surface area (Å²) in [6.45, 7) is 3.31. The first-order chi connectivity index (χ1) is 11.2. The quantitative estimate of drug-likeness (QED) is 0.376. The Balaban J connectivity index is 3.29. The first-order valence-electron chi connectivity index (χ1n) is 6.98. The Morgan fingerprint density at radius 3 is 1.88 bits per heavy atom. The molecule has 24 heavy (non-hydrogen) atoms. The molecule has 1 saturated heterocycles. The van der Waals surface area contributed by atoms with Gasteiger partial charge in [-0.15, -0.1) is 0 Å². The molecule has 6 atom stereocenters. The number of hydrogen-bond donors (Lipinski definition) is 1. The van der Waals surface area contributed by atoms with Gasteiger partial charge in [0.25, 0.3) is 0 Å². The zero-order valence-electron chi connectivity index (χ0n) is 13.6. The minimum atomic E-state index is -1.71. The van der Waals surface area contributed by atoms with Gasteiger partial charge in [-0.2, -0.15) is 5.26 Å². The molecule has 0 aromatic rings. The van der Waals surface area contributed by atoms with Crippen molar-refractivity contribution in [1.29, 1.82) is 5.26 Å². The van der Waals surface area contributed by atoms with Gasteiger partial charge >= 0.3 is 17.9 Å². The van der Waals surface area contributed by atoms with Crippen LogP contribution >= 0.6 is 0 Å². The number of aliphatic hydroxyl groups excluding tert-OH is 1. The van der Waals surface area contributed by atoms with Gasteiger partial charge in [0, 0.05) is 27.9 Å². The molecule has 1 fully saturated rings. The van der Waals surface area contributed by atoms with Crippen molar-refractivity contribution in [2.45, 2.75) is 57.6 Å². The summed E-state index contributed by atoms with van der Waals surface area (Å²) in [5.41, 5.74) is 0. The van der Waals surface area contributed by atoms with Gasteiger partial charge in [0.2, 0.25) is 0 Å². The van der Waals surface area contributed by atoms with E-state index in [2.05, 4.69) is 0 Å². The number of methoxy groups -OCH3 is 1. The second-order valence-corrected chi connectivity index (χ2v) is 5.00. The maximum absolute atomic E-state index is 11.4. The lowest BCUT2D eigenvalue weighted by Gasteiger charge is -2.44. The number of aliphatic hydroxyl groups is 1. The maximum atomic E-state index is 11.4. The number of esters is 3. The van der Waals surface area contributed by atoms with E-state index in [1.807, 2.05) is 0 Å². The van der Waals surface area contributed by atoms with E-state index in [9.17, 15) is 19.5 Å². The van der Waals surface area contributed by atoms with Crippen molar-refractivity contribution >= 4 is 17.9 Å². The van der Waals surface area contributed by atoms with E-state index in [0.717, 1.165) is 20.8 Å². The summed E-state index contributed by atoms with van der Waals surface area (Å²) in [5.74, 6) is -2.24. The van der Waals surface area contributed by atoms with Crippen LogP contribution in [0.15, 0.2) is 0 Å². The molecule has 0 aliphatic carbocycles. The van der Waals surface area contributed by atoms with Gasteiger partial charge in [-0.1, -0.05) is 0 Å². The average molecular weight is 345 g/mol. The zero-order valence-corrected chi connectivity index (χ0v) is 13.6. The topological polar surface area (TPSA) is 141 Å². The van der Waals surface area contributed by atoms with Crippen molar-refractivity contribution < 1.29 is 43.2 Å². The number of rotatable bonds is 5. The Morgan fingerprint density at radius 1 is 1.00 bits per heavy atom. The summed E-state index contributed by atoms with van der Waals surface area (Å²) < 4.78 is 25.6. The minimum Gasteiger partial charge on any atom is -0.455 e. The van der Waals surface area contributed by atoms with Crippen LogP contribution in [0.1, 0.15) is 20.8 Å². The van der Waals surface area contributed by atoms with Gasteiger partial charge in [0.15, 0.2) is 30.7 Å². The van der Waals surface area contributed by atoms with Crippen molar-refractivity contribution in [3.05, 3.63) is 0 Å². The molecule has 0 saturated carbocycles. The molecule has 1 aliphatic rings. The van der Waals surface area contributed by atoms with Crippen LogP contribution in [0.25, 0.3) is 0 Å². The van der Waals surface area contributed by atoms with Gasteiger partial charge in [0.1, 0.15) is 6.10 Å². The molecule has 134 valence electrons. The summed E-state index contributed by atoms with van der Waals surface area (Å²) in [6.07, 6.45) is -8.30. The molecule has 0 unspecified atom stereocenters. The third kappa shape index (κ3) is 4.89. The van der Waals surface area contributed by atoms with Crippen molar-refractivity contribution in [3.8, 4) is 6.07 Å². The summed E-state index contributed by atoms with van der Waals surface area (Å²) >= 11 is 0. The standard InChI is InChI=1S/C14H19NO9/c1-6(16)21-11-10(9(19)5-15)24-14(20-4)13(23-8(3)18)12(11)22-7(2)17/h9-14,19H,1-4H3/t9-,10+,11-,12-,13+,14-/m0/s1. The molecule has 1 heterocycles. The van der Waals surface area contributed by atoms with Crippen molar-refractivity contribution in [3.63, 3.8) is 0 Å². The van der Waals surface area contributed by atoms with Gasteiger partial charge in [-0.3, -0.25) is 14.4 Å². The number of carbonyl (C=O) groups excluding carboxylic acids is 3. The molecule has 1 aliphatic heterocycles. The van der Waals surface area contributed by atoms with E-state index in [4.69, 9.17) is 28.9 Å². The molecule has 0 amide bonds. The molecule has 1 N–H and O–H groups in total. The molecule has 0 bridgehead atoms. The van der Waals surface area contributed by atoms with Crippen molar-refractivity contribution in [2.75, 3.05) is 7.11 Å². The Labute approximate surface area is 138 Å². The highest BCUT2D eigenvalue weighted by Gasteiger charge is 2.54. The highest BCUT2D eigenvalue weighted by atomic mass is 16.7.